The van der Waals surface area contributed by atoms with E-state index in [1.807, 2.05) is 48.5 Å². The van der Waals surface area contributed by atoms with Gasteiger partial charge in [-0.1, -0.05) is 54.6 Å². The molecular formula is C19H17NO. The molecule has 0 aromatic heterocycles. The van der Waals surface area contributed by atoms with E-state index in [9.17, 15) is 4.79 Å². The van der Waals surface area contributed by atoms with Gasteiger partial charge in [0.25, 0.3) is 0 Å². The zero-order valence-electron chi connectivity index (χ0n) is 12.0. The number of ketones is 1. The third-order valence-electron chi connectivity index (χ3n) is 3.63. The van der Waals surface area contributed by atoms with Gasteiger partial charge in [0.15, 0.2) is 5.78 Å². The Morgan fingerprint density at radius 2 is 1.71 bits per heavy atom. The van der Waals surface area contributed by atoms with E-state index >= 15 is 0 Å². The molecule has 21 heavy (non-hydrogen) atoms. The normalized spacial score (nSPS) is 15.1. The molecule has 1 heterocycles. The van der Waals surface area contributed by atoms with Gasteiger partial charge in [-0.25, -0.2) is 0 Å². The Morgan fingerprint density at radius 3 is 2.48 bits per heavy atom. The number of fused-ring (bicyclic) bond motifs is 1. The lowest BCUT2D eigenvalue weighted by atomic mass is 10.0. The Labute approximate surface area is 125 Å². The third-order valence-corrected chi connectivity index (χ3v) is 3.63. The maximum absolute atomic E-state index is 12.3. The predicted molar refractivity (Wildman–Crippen MR) is 87.4 cm³/mol. The second-order valence-electron chi connectivity index (χ2n) is 4.94. The number of hydrogen-bond acceptors (Lipinski definition) is 2. The lowest BCUT2D eigenvalue weighted by molar-refractivity contribution is 0.104. The molecule has 3 rings (SSSR count). The van der Waals surface area contributed by atoms with Gasteiger partial charge in [0.05, 0.1) is 0 Å². The molecular weight excluding hydrogens is 258 g/mol. The fourth-order valence-corrected chi connectivity index (χ4v) is 2.58. The minimum atomic E-state index is 0.0353. The maximum atomic E-state index is 12.3. The van der Waals surface area contributed by atoms with Crippen LogP contribution in [0.4, 0.5) is 5.69 Å². The van der Waals surface area contributed by atoms with Gasteiger partial charge in [-0.15, -0.1) is 0 Å². The molecule has 2 nitrogen and oxygen atoms in total. The first-order valence-electron chi connectivity index (χ1n) is 7.15. The van der Waals surface area contributed by atoms with Gasteiger partial charge in [-0.05, 0) is 24.6 Å². The van der Waals surface area contributed by atoms with Gasteiger partial charge in [-0.2, -0.15) is 0 Å². The summed E-state index contributed by atoms with van der Waals surface area (Å²) in [5.74, 6) is 0.0353. The van der Waals surface area contributed by atoms with Crippen LogP contribution in [-0.4, -0.2) is 12.3 Å². The summed E-state index contributed by atoms with van der Waals surface area (Å²) in [7, 11) is 0. The summed E-state index contributed by atoms with van der Waals surface area (Å²) in [4.78, 5) is 14.5. The monoisotopic (exact) mass is 275 g/mol. The van der Waals surface area contributed by atoms with Gasteiger partial charge < -0.3 is 4.90 Å². The second-order valence-corrected chi connectivity index (χ2v) is 4.94. The quantitative estimate of drug-likeness (QED) is 0.614. The molecule has 2 aromatic rings. The molecule has 0 amide bonds. The van der Waals surface area contributed by atoms with Gasteiger partial charge in [-0.3, -0.25) is 4.79 Å². The number of carbonyl (C=O) groups is 1. The van der Waals surface area contributed by atoms with Crippen LogP contribution in [-0.2, 0) is 0 Å². The van der Waals surface area contributed by atoms with Crippen molar-refractivity contribution in [1.82, 2.24) is 0 Å². The van der Waals surface area contributed by atoms with Crippen LogP contribution in [0.2, 0.25) is 0 Å². The maximum Gasteiger partial charge on any atom is 0.187 e. The lowest BCUT2D eigenvalue weighted by Gasteiger charge is -2.29. The van der Waals surface area contributed by atoms with Crippen LogP contribution in [0.3, 0.4) is 0 Å². The van der Waals surface area contributed by atoms with E-state index in [0.29, 0.717) is 5.56 Å². The average molecular weight is 275 g/mol. The molecule has 1 aliphatic rings. The number of hydrogen-bond donors (Lipinski definition) is 0. The standard InChI is InChI=1S/C19H17NO/c1-2-20-17(13-12-15-8-6-7-11-18(15)20)14-19(21)16-9-4-3-5-10-16/h3-14H,2H2,1H3/b17-14+. The third kappa shape index (κ3) is 2.65. The molecule has 1 aliphatic heterocycles. The van der Waals surface area contributed by atoms with Gasteiger partial charge in [0, 0.05) is 29.6 Å². The summed E-state index contributed by atoms with van der Waals surface area (Å²) in [6.45, 7) is 2.92. The summed E-state index contributed by atoms with van der Waals surface area (Å²) >= 11 is 0. The molecule has 0 saturated heterocycles. The summed E-state index contributed by atoms with van der Waals surface area (Å²) in [6, 6.07) is 17.6. The zero-order valence-corrected chi connectivity index (χ0v) is 12.0. The minimum Gasteiger partial charge on any atom is -0.341 e. The highest BCUT2D eigenvalue weighted by Crippen LogP contribution is 2.30. The highest BCUT2D eigenvalue weighted by Gasteiger charge is 2.16. The van der Waals surface area contributed by atoms with E-state index < -0.39 is 0 Å². The molecule has 0 spiro atoms. The number of carbonyl (C=O) groups excluding carboxylic acids is 1. The number of para-hydroxylation sites is 1. The van der Waals surface area contributed by atoms with Crippen LogP contribution >= 0.6 is 0 Å². The lowest BCUT2D eigenvalue weighted by Crippen LogP contribution is -2.24. The van der Waals surface area contributed by atoms with Crippen molar-refractivity contribution >= 4 is 17.5 Å². The van der Waals surface area contributed by atoms with E-state index in [4.69, 9.17) is 0 Å². The molecule has 0 N–H and O–H groups in total. The van der Waals surface area contributed by atoms with Crippen molar-refractivity contribution in [1.29, 1.82) is 0 Å². The van der Waals surface area contributed by atoms with Crippen LogP contribution in [0, 0.1) is 0 Å². The average Bonchev–Trinajstić information content (AvgIpc) is 2.55. The van der Waals surface area contributed by atoms with Crippen molar-refractivity contribution in [2.45, 2.75) is 6.92 Å². The molecule has 0 aliphatic carbocycles. The van der Waals surface area contributed by atoms with Crippen molar-refractivity contribution in [2.75, 3.05) is 11.4 Å². The molecule has 0 radical (unpaired) electrons. The van der Waals surface area contributed by atoms with E-state index in [2.05, 4.69) is 30.0 Å². The van der Waals surface area contributed by atoms with Crippen LogP contribution < -0.4 is 4.90 Å². The summed E-state index contributed by atoms with van der Waals surface area (Å²) < 4.78 is 0. The summed E-state index contributed by atoms with van der Waals surface area (Å²) in [6.07, 6.45) is 5.78. The van der Waals surface area contributed by atoms with Gasteiger partial charge in [0.2, 0.25) is 0 Å². The molecule has 0 atom stereocenters. The number of allylic oxidation sites excluding steroid dienone is 2. The summed E-state index contributed by atoms with van der Waals surface area (Å²) in [5.41, 5.74) is 3.98. The first-order valence-corrected chi connectivity index (χ1v) is 7.15. The zero-order chi connectivity index (χ0) is 14.7. The van der Waals surface area contributed by atoms with Crippen molar-refractivity contribution in [2.24, 2.45) is 0 Å². The number of nitrogens with zero attached hydrogens (tertiary/aromatic N) is 1. The predicted octanol–water partition coefficient (Wildman–Crippen LogP) is 4.31. The smallest absolute Gasteiger partial charge is 0.187 e. The minimum absolute atomic E-state index is 0.0353. The van der Waals surface area contributed by atoms with Gasteiger partial charge >= 0.3 is 0 Å². The summed E-state index contributed by atoms with van der Waals surface area (Å²) in [5, 5.41) is 0. The molecule has 104 valence electrons. The van der Waals surface area contributed by atoms with Crippen LogP contribution in [0.1, 0.15) is 22.8 Å². The highest BCUT2D eigenvalue weighted by molar-refractivity contribution is 6.05. The first kappa shape index (κ1) is 13.4. The Kier molecular flexibility index (Phi) is 3.69. The molecule has 2 aromatic carbocycles. The van der Waals surface area contributed by atoms with Crippen LogP contribution in [0.25, 0.3) is 6.08 Å². The highest BCUT2D eigenvalue weighted by atomic mass is 16.1. The SMILES string of the molecule is CCN1/C(=C/C(=O)c2ccccc2)C=Cc2ccccc21. The molecule has 0 unspecified atom stereocenters. The topological polar surface area (TPSA) is 20.3 Å². The fourth-order valence-electron chi connectivity index (χ4n) is 2.58. The number of anilines is 1. The van der Waals surface area contributed by atoms with E-state index in [0.717, 1.165) is 17.9 Å². The molecule has 0 saturated carbocycles. The van der Waals surface area contributed by atoms with Crippen LogP contribution in [0.5, 0.6) is 0 Å². The van der Waals surface area contributed by atoms with Crippen molar-refractivity contribution in [3.05, 3.63) is 83.6 Å². The van der Waals surface area contributed by atoms with Gasteiger partial charge in [0.1, 0.15) is 0 Å². The largest absolute Gasteiger partial charge is 0.341 e. The van der Waals surface area contributed by atoms with Crippen molar-refractivity contribution < 1.29 is 4.79 Å². The van der Waals surface area contributed by atoms with Crippen molar-refractivity contribution in [3.63, 3.8) is 0 Å². The Morgan fingerprint density at radius 1 is 1.00 bits per heavy atom. The molecule has 0 bridgehead atoms. The molecule has 0 fully saturated rings. The van der Waals surface area contributed by atoms with Crippen LogP contribution in [0.15, 0.2) is 72.4 Å². The van der Waals surface area contributed by atoms with E-state index in [1.165, 1.54) is 5.56 Å². The Hall–Kier alpha value is -2.61. The number of benzene rings is 2. The van der Waals surface area contributed by atoms with Crippen molar-refractivity contribution in [3.8, 4) is 0 Å². The Bertz CT molecular complexity index is 713. The fraction of sp³-hybridized carbons (Fsp3) is 0.105. The van der Waals surface area contributed by atoms with E-state index in [1.54, 1.807) is 6.08 Å². The van der Waals surface area contributed by atoms with E-state index in [-0.39, 0.29) is 5.78 Å². The second kappa shape index (κ2) is 5.80. The number of likely N-dealkylation sites (N-methyl/N-ethyl adjacent to an activating group) is 1. The number of rotatable bonds is 3. The first-order chi connectivity index (χ1) is 10.3. The Balaban J connectivity index is 1.96. The molecule has 2 heteroatoms.